The van der Waals surface area contributed by atoms with Crippen molar-refractivity contribution in [2.45, 2.75) is 6.42 Å². The third-order valence-electron chi connectivity index (χ3n) is 2.33. The Morgan fingerprint density at radius 2 is 2.27 bits per heavy atom. The molecule has 3 N–H and O–H groups in total. The van der Waals surface area contributed by atoms with Crippen LogP contribution in [0, 0.1) is 0 Å². The summed E-state index contributed by atoms with van der Waals surface area (Å²) >= 11 is 6.01. The van der Waals surface area contributed by atoms with Gasteiger partial charge in [0.1, 0.15) is 0 Å². The SMILES string of the molecule is NCCC(=O)c1cccc2[nH]cc(Cl)c12. The van der Waals surface area contributed by atoms with Crippen LogP contribution in [0.5, 0.6) is 0 Å². The highest BCUT2D eigenvalue weighted by Gasteiger charge is 2.12. The van der Waals surface area contributed by atoms with Crippen LogP contribution in [0.3, 0.4) is 0 Å². The molecule has 0 aliphatic heterocycles. The second-order valence-electron chi connectivity index (χ2n) is 3.33. The van der Waals surface area contributed by atoms with Crippen molar-refractivity contribution in [2.75, 3.05) is 6.54 Å². The number of ketones is 1. The maximum absolute atomic E-state index is 11.8. The van der Waals surface area contributed by atoms with Crippen molar-refractivity contribution in [3.05, 3.63) is 35.0 Å². The minimum Gasteiger partial charge on any atom is -0.360 e. The molecule has 0 radical (unpaired) electrons. The molecule has 1 heterocycles. The lowest BCUT2D eigenvalue weighted by Gasteiger charge is -2.01. The first-order valence-corrected chi connectivity index (χ1v) is 5.10. The number of benzene rings is 1. The normalized spacial score (nSPS) is 10.8. The summed E-state index contributed by atoms with van der Waals surface area (Å²) in [6, 6.07) is 5.50. The van der Waals surface area contributed by atoms with Gasteiger partial charge in [-0.1, -0.05) is 23.7 Å². The van der Waals surface area contributed by atoms with Gasteiger partial charge in [-0.05, 0) is 12.6 Å². The Bertz CT molecular complexity index is 504. The molecule has 78 valence electrons. The fourth-order valence-corrected chi connectivity index (χ4v) is 1.90. The summed E-state index contributed by atoms with van der Waals surface area (Å²) in [6.07, 6.45) is 2.03. The van der Waals surface area contributed by atoms with Crippen LogP contribution in [0.4, 0.5) is 0 Å². The van der Waals surface area contributed by atoms with E-state index in [-0.39, 0.29) is 5.78 Å². The predicted molar refractivity (Wildman–Crippen MR) is 61.3 cm³/mol. The molecule has 0 spiro atoms. The van der Waals surface area contributed by atoms with E-state index >= 15 is 0 Å². The van der Waals surface area contributed by atoms with Crippen LogP contribution < -0.4 is 5.73 Å². The molecular weight excluding hydrogens is 212 g/mol. The third-order valence-corrected chi connectivity index (χ3v) is 2.63. The lowest BCUT2D eigenvalue weighted by atomic mass is 10.0. The van der Waals surface area contributed by atoms with E-state index in [9.17, 15) is 4.79 Å². The number of hydrogen-bond donors (Lipinski definition) is 2. The Morgan fingerprint density at radius 1 is 1.47 bits per heavy atom. The fourth-order valence-electron chi connectivity index (χ4n) is 1.64. The van der Waals surface area contributed by atoms with Crippen molar-refractivity contribution < 1.29 is 4.79 Å². The number of nitrogens with two attached hydrogens (primary N) is 1. The number of H-pyrrole nitrogens is 1. The van der Waals surface area contributed by atoms with Crippen LogP contribution in [0.15, 0.2) is 24.4 Å². The zero-order chi connectivity index (χ0) is 10.8. The van der Waals surface area contributed by atoms with E-state index in [0.29, 0.717) is 23.6 Å². The Balaban J connectivity index is 2.59. The number of nitrogens with one attached hydrogen (secondary N) is 1. The van der Waals surface area contributed by atoms with Gasteiger partial charge in [0.05, 0.1) is 5.02 Å². The van der Waals surface area contributed by atoms with Crippen molar-refractivity contribution in [3.63, 3.8) is 0 Å². The van der Waals surface area contributed by atoms with E-state index in [0.717, 1.165) is 10.9 Å². The Hall–Kier alpha value is -1.32. The van der Waals surface area contributed by atoms with Crippen molar-refractivity contribution in [2.24, 2.45) is 5.73 Å². The standard InChI is InChI=1S/C11H11ClN2O/c12-8-6-14-9-3-1-2-7(11(8)9)10(15)4-5-13/h1-3,6,14H,4-5,13H2. The Kier molecular flexibility index (Phi) is 2.75. The number of halogens is 1. The summed E-state index contributed by atoms with van der Waals surface area (Å²) in [4.78, 5) is 14.8. The van der Waals surface area contributed by atoms with Gasteiger partial charge in [0.15, 0.2) is 5.78 Å². The first kappa shape index (κ1) is 10.2. The highest BCUT2D eigenvalue weighted by molar-refractivity contribution is 6.37. The van der Waals surface area contributed by atoms with Crippen LogP contribution in [0.1, 0.15) is 16.8 Å². The van der Waals surface area contributed by atoms with Gasteiger partial charge in [-0.3, -0.25) is 4.79 Å². The van der Waals surface area contributed by atoms with Crippen molar-refractivity contribution in [1.29, 1.82) is 0 Å². The molecule has 1 aromatic heterocycles. The largest absolute Gasteiger partial charge is 0.360 e. The third kappa shape index (κ3) is 1.76. The molecule has 4 heteroatoms. The molecule has 0 fully saturated rings. The highest BCUT2D eigenvalue weighted by atomic mass is 35.5. The average molecular weight is 223 g/mol. The number of aromatic amines is 1. The topological polar surface area (TPSA) is 58.9 Å². The van der Waals surface area contributed by atoms with Crippen molar-refractivity contribution in [3.8, 4) is 0 Å². The highest BCUT2D eigenvalue weighted by Crippen LogP contribution is 2.27. The summed E-state index contributed by atoms with van der Waals surface area (Å²) in [5.41, 5.74) is 6.88. The van der Waals surface area contributed by atoms with Crippen LogP contribution in [0.25, 0.3) is 10.9 Å². The molecule has 3 nitrogen and oxygen atoms in total. The van der Waals surface area contributed by atoms with E-state index in [1.807, 2.05) is 12.1 Å². The molecule has 2 aromatic rings. The number of rotatable bonds is 3. The Labute approximate surface area is 92.2 Å². The lowest BCUT2D eigenvalue weighted by Crippen LogP contribution is -2.08. The minimum absolute atomic E-state index is 0.0320. The number of Topliss-reactive ketones (excluding diaryl/α,β-unsaturated/α-hetero) is 1. The van der Waals surface area contributed by atoms with E-state index < -0.39 is 0 Å². The number of hydrogen-bond acceptors (Lipinski definition) is 2. The van der Waals surface area contributed by atoms with Crippen molar-refractivity contribution >= 4 is 28.3 Å². The molecular formula is C11H11ClN2O. The van der Waals surface area contributed by atoms with Crippen molar-refractivity contribution in [1.82, 2.24) is 4.98 Å². The van der Waals surface area contributed by atoms with Gasteiger partial charge >= 0.3 is 0 Å². The summed E-state index contributed by atoms with van der Waals surface area (Å²) in [6.45, 7) is 0.358. The van der Waals surface area contributed by atoms with Crippen LogP contribution in [-0.2, 0) is 0 Å². The van der Waals surface area contributed by atoms with Crippen LogP contribution in [0.2, 0.25) is 5.02 Å². The molecule has 2 rings (SSSR count). The summed E-state index contributed by atoms with van der Waals surface area (Å²) < 4.78 is 0. The number of carbonyl (C=O) groups is 1. The zero-order valence-electron chi connectivity index (χ0n) is 8.09. The smallest absolute Gasteiger partial charge is 0.164 e. The monoisotopic (exact) mass is 222 g/mol. The number of aromatic nitrogens is 1. The molecule has 1 aromatic carbocycles. The second kappa shape index (κ2) is 4.04. The van der Waals surface area contributed by atoms with Gasteiger partial charge in [-0.2, -0.15) is 0 Å². The average Bonchev–Trinajstić information content (AvgIpc) is 2.61. The summed E-state index contributed by atoms with van der Waals surface area (Å²) in [5, 5.41) is 1.36. The molecule has 0 aliphatic rings. The molecule has 0 saturated carbocycles. The molecule has 0 amide bonds. The summed E-state index contributed by atoms with van der Waals surface area (Å²) in [5.74, 6) is 0.0320. The molecule has 0 saturated heterocycles. The first-order chi connectivity index (χ1) is 7.24. The lowest BCUT2D eigenvalue weighted by molar-refractivity contribution is 0.0987. The number of carbonyl (C=O) groups excluding carboxylic acids is 1. The zero-order valence-corrected chi connectivity index (χ0v) is 8.84. The van der Waals surface area contributed by atoms with Gasteiger partial charge in [0.25, 0.3) is 0 Å². The maximum atomic E-state index is 11.8. The Morgan fingerprint density at radius 3 is 3.00 bits per heavy atom. The van der Waals surface area contributed by atoms with Crippen LogP contribution in [-0.4, -0.2) is 17.3 Å². The molecule has 0 atom stereocenters. The second-order valence-corrected chi connectivity index (χ2v) is 3.73. The first-order valence-electron chi connectivity index (χ1n) is 4.73. The van der Waals surface area contributed by atoms with E-state index in [1.165, 1.54) is 0 Å². The van der Waals surface area contributed by atoms with Gasteiger partial charge in [-0.15, -0.1) is 0 Å². The molecule has 0 unspecified atom stereocenters. The molecule has 0 bridgehead atoms. The maximum Gasteiger partial charge on any atom is 0.164 e. The number of fused-ring (bicyclic) bond motifs is 1. The van der Waals surface area contributed by atoms with Gasteiger partial charge in [0.2, 0.25) is 0 Å². The van der Waals surface area contributed by atoms with Gasteiger partial charge in [0, 0.05) is 29.1 Å². The predicted octanol–water partition coefficient (Wildman–Crippen LogP) is 2.35. The van der Waals surface area contributed by atoms with Gasteiger partial charge < -0.3 is 10.7 Å². The van der Waals surface area contributed by atoms with E-state index in [4.69, 9.17) is 17.3 Å². The minimum atomic E-state index is 0.0320. The summed E-state index contributed by atoms with van der Waals surface area (Å²) in [7, 11) is 0. The molecule has 15 heavy (non-hydrogen) atoms. The van der Waals surface area contributed by atoms with Crippen LogP contribution >= 0.6 is 11.6 Å². The van der Waals surface area contributed by atoms with E-state index in [2.05, 4.69) is 4.98 Å². The van der Waals surface area contributed by atoms with E-state index in [1.54, 1.807) is 12.3 Å². The molecule has 0 aliphatic carbocycles. The fraction of sp³-hybridized carbons (Fsp3) is 0.182. The quantitative estimate of drug-likeness (QED) is 0.784. The van der Waals surface area contributed by atoms with Gasteiger partial charge in [-0.25, -0.2) is 0 Å².